The van der Waals surface area contributed by atoms with Gasteiger partial charge in [-0.2, -0.15) is 0 Å². The van der Waals surface area contributed by atoms with Crippen molar-refractivity contribution < 1.29 is 9.47 Å². The minimum atomic E-state index is -0.109. The van der Waals surface area contributed by atoms with Gasteiger partial charge in [-0.05, 0) is 31.5 Å². The summed E-state index contributed by atoms with van der Waals surface area (Å²) in [6.07, 6.45) is 5.63. The molecule has 0 N–H and O–H groups in total. The highest BCUT2D eigenvalue weighted by molar-refractivity contribution is 5.37. The van der Waals surface area contributed by atoms with Gasteiger partial charge in [0, 0.05) is 31.1 Å². The highest BCUT2D eigenvalue weighted by Crippen LogP contribution is 2.36. The summed E-state index contributed by atoms with van der Waals surface area (Å²) >= 11 is 0. The summed E-state index contributed by atoms with van der Waals surface area (Å²) in [4.78, 5) is 15.3. The SMILES string of the molecule is Cc1cccc(CO[C@H]2CCOC3(C2)CN(c2ncccn2)C3)n1. The molecule has 6 nitrogen and oxygen atoms in total. The molecule has 0 radical (unpaired) electrons. The molecule has 2 fully saturated rings. The van der Waals surface area contributed by atoms with Crippen LogP contribution in [0.3, 0.4) is 0 Å². The van der Waals surface area contributed by atoms with Crippen LogP contribution < -0.4 is 4.90 Å². The van der Waals surface area contributed by atoms with Crippen LogP contribution in [0, 0.1) is 6.92 Å². The Bertz CT molecular complexity index is 688. The summed E-state index contributed by atoms with van der Waals surface area (Å²) in [5, 5.41) is 0. The molecule has 1 spiro atoms. The van der Waals surface area contributed by atoms with Crippen molar-refractivity contribution in [2.75, 3.05) is 24.6 Å². The van der Waals surface area contributed by atoms with Gasteiger partial charge in [-0.15, -0.1) is 0 Å². The summed E-state index contributed by atoms with van der Waals surface area (Å²) < 4.78 is 12.2. The number of anilines is 1. The summed E-state index contributed by atoms with van der Waals surface area (Å²) in [6, 6.07) is 7.87. The van der Waals surface area contributed by atoms with Crippen LogP contribution in [0.25, 0.3) is 0 Å². The zero-order valence-electron chi connectivity index (χ0n) is 13.9. The fourth-order valence-electron chi connectivity index (χ4n) is 3.47. The molecule has 2 aliphatic rings. The Hall–Kier alpha value is -2.05. The van der Waals surface area contributed by atoms with Gasteiger partial charge in [0.2, 0.25) is 5.95 Å². The van der Waals surface area contributed by atoms with Gasteiger partial charge in [-0.25, -0.2) is 9.97 Å². The minimum Gasteiger partial charge on any atom is -0.372 e. The Morgan fingerprint density at radius 3 is 2.88 bits per heavy atom. The molecule has 1 atom stereocenters. The van der Waals surface area contributed by atoms with Gasteiger partial charge in [-0.1, -0.05) is 6.07 Å². The van der Waals surface area contributed by atoms with Crippen molar-refractivity contribution in [1.29, 1.82) is 0 Å². The third-order valence-corrected chi connectivity index (χ3v) is 4.65. The van der Waals surface area contributed by atoms with Crippen LogP contribution in [-0.2, 0) is 16.1 Å². The zero-order valence-corrected chi connectivity index (χ0v) is 13.9. The molecule has 6 heteroatoms. The third-order valence-electron chi connectivity index (χ3n) is 4.65. The van der Waals surface area contributed by atoms with Gasteiger partial charge in [0.05, 0.1) is 31.5 Å². The normalized spacial score (nSPS) is 22.4. The Kier molecular flexibility index (Phi) is 4.16. The van der Waals surface area contributed by atoms with Gasteiger partial charge in [0.15, 0.2) is 0 Å². The standard InChI is InChI=1S/C18H22N4O2/c1-14-4-2-5-15(21-14)11-23-16-6-9-24-18(10-16)12-22(13-18)17-19-7-3-8-20-17/h2-5,7-8,16H,6,9-13H2,1H3/t16-/m0/s1. The quantitative estimate of drug-likeness (QED) is 0.858. The molecule has 126 valence electrons. The van der Waals surface area contributed by atoms with Gasteiger partial charge in [0.25, 0.3) is 0 Å². The van der Waals surface area contributed by atoms with E-state index in [2.05, 4.69) is 19.9 Å². The molecule has 2 aromatic heterocycles. The average Bonchev–Trinajstić information content (AvgIpc) is 2.59. The van der Waals surface area contributed by atoms with E-state index in [0.29, 0.717) is 6.61 Å². The maximum Gasteiger partial charge on any atom is 0.225 e. The smallest absolute Gasteiger partial charge is 0.225 e. The summed E-state index contributed by atoms with van der Waals surface area (Å²) in [5.74, 6) is 0.777. The predicted octanol–water partition coefficient (Wildman–Crippen LogP) is 2.13. The summed E-state index contributed by atoms with van der Waals surface area (Å²) in [5.41, 5.74) is 1.91. The average molecular weight is 326 g/mol. The molecule has 2 saturated heterocycles. The number of aryl methyl sites for hydroxylation is 1. The zero-order chi connectivity index (χ0) is 16.4. The molecule has 0 aliphatic carbocycles. The van der Waals surface area contributed by atoms with Crippen LogP contribution in [0.1, 0.15) is 24.2 Å². The van der Waals surface area contributed by atoms with Crippen LogP contribution in [0.15, 0.2) is 36.7 Å². The molecule has 0 aromatic carbocycles. The third kappa shape index (κ3) is 3.25. The van der Waals surface area contributed by atoms with E-state index in [0.717, 1.165) is 49.9 Å². The molecule has 0 saturated carbocycles. The van der Waals surface area contributed by atoms with E-state index in [9.17, 15) is 0 Å². The Morgan fingerprint density at radius 2 is 2.08 bits per heavy atom. The fourth-order valence-corrected chi connectivity index (χ4v) is 3.47. The number of nitrogens with zero attached hydrogens (tertiary/aromatic N) is 4. The largest absolute Gasteiger partial charge is 0.372 e. The molecule has 2 aromatic rings. The lowest BCUT2D eigenvalue weighted by Gasteiger charge is -2.52. The fraction of sp³-hybridized carbons (Fsp3) is 0.500. The number of ether oxygens (including phenoxy) is 2. The highest BCUT2D eigenvalue weighted by atomic mass is 16.5. The van der Waals surface area contributed by atoms with Gasteiger partial charge < -0.3 is 14.4 Å². The topological polar surface area (TPSA) is 60.4 Å². The van der Waals surface area contributed by atoms with Gasteiger partial charge in [0.1, 0.15) is 5.60 Å². The number of rotatable bonds is 4. The lowest BCUT2D eigenvalue weighted by Crippen LogP contribution is -2.66. The van der Waals surface area contributed by atoms with E-state index in [-0.39, 0.29) is 11.7 Å². The Morgan fingerprint density at radius 1 is 1.25 bits per heavy atom. The van der Waals surface area contributed by atoms with Crippen molar-refractivity contribution in [3.05, 3.63) is 48.0 Å². The first-order valence-corrected chi connectivity index (χ1v) is 8.43. The second-order valence-corrected chi connectivity index (χ2v) is 6.63. The van der Waals surface area contributed by atoms with Crippen LogP contribution in [0.2, 0.25) is 0 Å². The molecule has 0 bridgehead atoms. The van der Waals surface area contributed by atoms with Crippen molar-refractivity contribution in [2.24, 2.45) is 0 Å². The molecule has 24 heavy (non-hydrogen) atoms. The highest BCUT2D eigenvalue weighted by Gasteiger charge is 2.48. The molecule has 2 aliphatic heterocycles. The van der Waals surface area contributed by atoms with Crippen LogP contribution in [-0.4, -0.2) is 46.4 Å². The molecule has 4 rings (SSSR count). The van der Waals surface area contributed by atoms with E-state index in [1.54, 1.807) is 12.4 Å². The molecule has 4 heterocycles. The van der Waals surface area contributed by atoms with E-state index in [4.69, 9.17) is 9.47 Å². The first-order chi connectivity index (χ1) is 11.7. The number of pyridine rings is 1. The molecular weight excluding hydrogens is 304 g/mol. The Balaban J connectivity index is 1.32. The van der Waals surface area contributed by atoms with E-state index in [1.807, 2.05) is 31.2 Å². The van der Waals surface area contributed by atoms with Crippen LogP contribution in [0.5, 0.6) is 0 Å². The summed E-state index contributed by atoms with van der Waals surface area (Å²) in [6.45, 7) is 4.98. The van der Waals surface area contributed by atoms with Crippen molar-refractivity contribution >= 4 is 5.95 Å². The van der Waals surface area contributed by atoms with Crippen LogP contribution in [0.4, 0.5) is 5.95 Å². The second-order valence-electron chi connectivity index (χ2n) is 6.63. The van der Waals surface area contributed by atoms with Crippen molar-refractivity contribution in [3.8, 4) is 0 Å². The monoisotopic (exact) mass is 326 g/mol. The molecule has 0 unspecified atom stereocenters. The minimum absolute atomic E-state index is 0.109. The lowest BCUT2D eigenvalue weighted by atomic mass is 9.85. The van der Waals surface area contributed by atoms with Crippen molar-refractivity contribution in [1.82, 2.24) is 15.0 Å². The van der Waals surface area contributed by atoms with E-state index < -0.39 is 0 Å². The number of hydrogen-bond donors (Lipinski definition) is 0. The molecule has 0 amide bonds. The van der Waals surface area contributed by atoms with Gasteiger partial charge in [-0.3, -0.25) is 4.98 Å². The Labute approximate surface area is 141 Å². The van der Waals surface area contributed by atoms with Crippen molar-refractivity contribution in [3.63, 3.8) is 0 Å². The number of aromatic nitrogens is 3. The molecular formula is C18H22N4O2. The first kappa shape index (κ1) is 15.5. The first-order valence-electron chi connectivity index (χ1n) is 8.43. The van der Waals surface area contributed by atoms with Crippen LogP contribution >= 0.6 is 0 Å². The lowest BCUT2D eigenvalue weighted by molar-refractivity contribution is -0.148. The second kappa shape index (κ2) is 6.45. The number of hydrogen-bond acceptors (Lipinski definition) is 6. The van der Waals surface area contributed by atoms with Crippen molar-refractivity contribution in [2.45, 2.75) is 38.1 Å². The van der Waals surface area contributed by atoms with Gasteiger partial charge >= 0.3 is 0 Å². The van der Waals surface area contributed by atoms with E-state index >= 15 is 0 Å². The van der Waals surface area contributed by atoms with E-state index in [1.165, 1.54) is 0 Å². The maximum absolute atomic E-state index is 6.10. The summed E-state index contributed by atoms with van der Waals surface area (Å²) in [7, 11) is 0. The predicted molar refractivity (Wildman–Crippen MR) is 89.7 cm³/mol. The maximum atomic E-state index is 6.10.